The van der Waals surface area contributed by atoms with Gasteiger partial charge in [0.1, 0.15) is 0 Å². The molecule has 2 aromatic rings. The molecule has 1 atom stereocenters. The molecule has 2 N–H and O–H groups in total. The number of anilines is 2. The highest BCUT2D eigenvalue weighted by Gasteiger charge is 2.22. The summed E-state index contributed by atoms with van der Waals surface area (Å²) in [4.78, 5) is 12.8. The summed E-state index contributed by atoms with van der Waals surface area (Å²) in [5.41, 5.74) is 0.846. The Bertz CT molecular complexity index is 976. The molecule has 1 aliphatic rings. The van der Waals surface area contributed by atoms with E-state index in [0.29, 0.717) is 29.3 Å². The quantitative estimate of drug-likeness (QED) is 0.788. The van der Waals surface area contributed by atoms with Gasteiger partial charge in [0.15, 0.2) is 11.5 Å². The second-order valence-corrected chi connectivity index (χ2v) is 9.18. The Morgan fingerprint density at radius 2 is 1.85 bits per heavy atom. The van der Waals surface area contributed by atoms with Crippen molar-refractivity contribution in [2.24, 2.45) is 0 Å². The van der Waals surface area contributed by atoms with E-state index in [2.05, 4.69) is 10.0 Å². The van der Waals surface area contributed by atoms with Crippen LogP contribution in [-0.4, -0.2) is 33.8 Å². The summed E-state index contributed by atoms with van der Waals surface area (Å²) in [5, 5.41) is 2.90. The largest absolute Gasteiger partial charge is 0.493 e. The minimum atomic E-state index is -3.84. The van der Waals surface area contributed by atoms with E-state index in [1.165, 1.54) is 38.1 Å². The molecule has 1 amide bonds. The van der Waals surface area contributed by atoms with Crippen LogP contribution < -0.4 is 19.5 Å². The smallest absolute Gasteiger partial charge is 0.261 e. The average Bonchev–Trinajstić information content (AvgIpc) is 2.76. The van der Waals surface area contributed by atoms with Crippen LogP contribution in [0.5, 0.6) is 11.5 Å². The van der Waals surface area contributed by atoms with Gasteiger partial charge >= 0.3 is 0 Å². The number of fused-ring (bicyclic) bond motifs is 1. The zero-order chi connectivity index (χ0) is 19.6. The lowest BCUT2D eigenvalue weighted by Gasteiger charge is -2.13. The normalized spacial score (nSPS) is 16.7. The molecular weight excluding hydrogens is 388 g/mol. The van der Waals surface area contributed by atoms with Gasteiger partial charge in [0.25, 0.3) is 10.0 Å². The van der Waals surface area contributed by atoms with Crippen LogP contribution in [0.4, 0.5) is 11.4 Å². The maximum atomic E-state index is 12.8. The molecule has 2 aromatic carbocycles. The predicted octanol–water partition coefficient (Wildman–Crippen LogP) is 3.33. The van der Waals surface area contributed by atoms with E-state index < -0.39 is 10.0 Å². The molecule has 0 bridgehead atoms. The number of ether oxygens (including phenoxy) is 2. The molecule has 1 aliphatic heterocycles. The topological polar surface area (TPSA) is 93.7 Å². The second-order valence-electron chi connectivity index (χ2n) is 6.01. The molecule has 7 nitrogen and oxygen atoms in total. The number of thioether (sulfide) groups is 1. The van der Waals surface area contributed by atoms with Gasteiger partial charge < -0.3 is 14.8 Å². The van der Waals surface area contributed by atoms with Crippen LogP contribution in [0.3, 0.4) is 0 Å². The standard InChI is InChI=1S/C18H20N2O5S2/c1-11-8-18(21)19-14-10-13(5-7-17(14)26-11)27(22,23)20-12-4-6-15(24-2)16(9-12)25-3/h4-7,9-11,20H,8H2,1-3H3,(H,19,21)/t11-/m1/s1. The summed E-state index contributed by atoms with van der Waals surface area (Å²) in [7, 11) is -0.861. The molecule has 0 radical (unpaired) electrons. The van der Waals surface area contributed by atoms with E-state index in [9.17, 15) is 13.2 Å². The van der Waals surface area contributed by atoms with Gasteiger partial charge in [-0.1, -0.05) is 6.92 Å². The molecular formula is C18H20N2O5S2. The third kappa shape index (κ3) is 4.30. The molecule has 0 aliphatic carbocycles. The summed E-state index contributed by atoms with van der Waals surface area (Å²) in [6.07, 6.45) is 0.380. The minimum Gasteiger partial charge on any atom is -0.493 e. The Hall–Kier alpha value is -2.39. The Morgan fingerprint density at radius 3 is 2.56 bits per heavy atom. The number of methoxy groups -OCH3 is 2. The Labute approximate surface area is 162 Å². The van der Waals surface area contributed by atoms with Gasteiger partial charge in [0, 0.05) is 22.6 Å². The lowest BCUT2D eigenvalue weighted by atomic mass is 10.3. The van der Waals surface area contributed by atoms with Crippen molar-refractivity contribution < 1.29 is 22.7 Å². The fourth-order valence-electron chi connectivity index (χ4n) is 2.71. The first-order valence-electron chi connectivity index (χ1n) is 8.18. The lowest BCUT2D eigenvalue weighted by molar-refractivity contribution is -0.116. The highest BCUT2D eigenvalue weighted by atomic mass is 32.2. The van der Waals surface area contributed by atoms with Crippen LogP contribution in [0.1, 0.15) is 13.3 Å². The fourth-order valence-corrected chi connectivity index (χ4v) is 4.84. The highest BCUT2D eigenvalue weighted by molar-refractivity contribution is 8.00. The number of amides is 1. The Balaban J connectivity index is 1.91. The van der Waals surface area contributed by atoms with Crippen LogP contribution in [0, 0.1) is 0 Å². The first-order valence-corrected chi connectivity index (χ1v) is 10.5. The number of hydrogen-bond acceptors (Lipinski definition) is 6. The van der Waals surface area contributed by atoms with Gasteiger partial charge in [0.2, 0.25) is 5.91 Å². The van der Waals surface area contributed by atoms with Crippen molar-refractivity contribution in [3.05, 3.63) is 36.4 Å². The summed E-state index contributed by atoms with van der Waals surface area (Å²) in [6.45, 7) is 1.96. The van der Waals surface area contributed by atoms with Crippen molar-refractivity contribution in [1.82, 2.24) is 0 Å². The number of nitrogens with one attached hydrogen (secondary N) is 2. The predicted molar refractivity (Wildman–Crippen MR) is 105 cm³/mol. The molecule has 1 heterocycles. The maximum absolute atomic E-state index is 12.8. The maximum Gasteiger partial charge on any atom is 0.261 e. The van der Waals surface area contributed by atoms with E-state index in [4.69, 9.17) is 9.47 Å². The summed E-state index contributed by atoms with van der Waals surface area (Å²) < 4.78 is 38.4. The number of rotatable bonds is 5. The number of sulfonamides is 1. The molecule has 0 spiro atoms. The van der Waals surface area contributed by atoms with E-state index in [0.717, 1.165) is 4.90 Å². The molecule has 3 rings (SSSR count). The average molecular weight is 409 g/mol. The van der Waals surface area contributed by atoms with Gasteiger partial charge in [-0.3, -0.25) is 9.52 Å². The van der Waals surface area contributed by atoms with Gasteiger partial charge in [-0.15, -0.1) is 11.8 Å². The van der Waals surface area contributed by atoms with Gasteiger partial charge in [-0.05, 0) is 30.3 Å². The zero-order valence-corrected chi connectivity index (χ0v) is 16.7. The molecule has 0 saturated carbocycles. The highest BCUT2D eigenvalue weighted by Crippen LogP contribution is 2.37. The van der Waals surface area contributed by atoms with Gasteiger partial charge in [0.05, 0.1) is 30.5 Å². The fraction of sp³-hybridized carbons (Fsp3) is 0.278. The van der Waals surface area contributed by atoms with Gasteiger partial charge in [-0.2, -0.15) is 0 Å². The lowest BCUT2D eigenvalue weighted by Crippen LogP contribution is -2.15. The van der Waals surface area contributed by atoms with E-state index in [-0.39, 0.29) is 16.1 Å². The molecule has 0 aromatic heterocycles. The number of carbonyl (C=O) groups is 1. The monoisotopic (exact) mass is 408 g/mol. The van der Waals surface area contributed by atoms with Gasteiger partial charge in [-0.25, -0.2) is 8.42 Å². The van der Waals surface area contributed by atoms with E-state index in [1.54, 1.807) is 24.3 Å². The van der Waals surface area contributed by atoms with Crippen LogP contribution in [0.25, 0.3) is 0 Å². The SMILES string of the molecule is COc1ccc(NS(=O)(=O)c2ccc3c(c2)NC(=O)C[C@@H](C)S3)cc1OC. The van der Waals surface area contributed by atoms with Crippen LogP contribution in [0.15, 0.2) is 46.2 Å². The first kappa shape index (κ1) is 19.4. The third-order valence-corrected chi connectivity index (χ3v) is 6.53. The van der Waals surface area contributed by atoms with Crippen LogP contribution >= 0.6 is 11.8 Å². The summed E-state index contributed by atoms with van der Waals surface area (Å²) in [5.74, 6) is 0.785. The van der Waals surface area contributed by atoms with Crippen molar-refractivity contribution in [1.29, 1.82) is 0 Å². The zero-order valence-electron chi connectivity index (χ0n) is 15.1. The number of carbonyl (C=O) groups excluding carboxylic acids is 1. The van der Waals surface area contributed by atoms with Crippen LogP contribution in [0.2, 0.25) is 0 Å². The van der Waals surface area contributed by atoms with Crippen LogP contribution in [-0.2, 0) is 14.8 Å². The molecule has 27 heavy (non-hydrogen) atoms. The van der Waals surface area contributed by atoms with E-state index in [1.807, 2.05) is 6.92 Å². The van der Waals surface area contributed by atoms with Crippen molar-refractivity contribution >= 4 is 39.1 Å². The molecule has 0 saturated heterocycles. The minimum absolute atomic E-state index is 0.0616. The first-order chi connectivity index (χ1) is 12.8. The van der Waals surface area contributed by atoms with E-state index >= 15 is 0 Å². The number of hydrogen-bond donors (Lipinski definition) is 2. The van der Waals surface area contributed by atoms with Crippen molar-refractivity contribution in [3.63, 3.8) is 0 Å². The molecule has 0 fully saturated rings. The Morgan fingerprint density at radius 1 is 1.11 bits per heavy atom. The molecule has 0 unspecified atom stereocenters. The number of benzene rings is 2. The molecule has 9 heteroatoms. The second kappa shape index (κ2) is 7.69. The van der Waals surface area contributed by atoms with Crippen molar-refractivity contribution in [2.45, 2.75) is 28.4 Å². The Kier molecular flexibility index (Phi) is 5.52. The van der Waals surface area contributed by atoms with Crippen molar-refractivity contribution in [2.75, 3.05) is 24.3 Å². The third-order valence-electron chi connectivity index (χ3n) is 3.97. The summed E-state index contributed by atoms with van der Waals surface area (Å²) >= 11 is 1.54. The molecule has 144 valence electrons. The van der Waals surface area contributed by atoms with Crippen molar-refractivity contribution in [3.8, 4) is 11.5 Å². The summed E-state index contributed by atoms with van der Waals surface area (Å²) in [6, 6.07) is 9.46.